The maximum Gasteiger partial charge on any atom is 0.0450 e. The van der Waals surface area contributed by atoms with E-state index in [1.165, 1.54) is 30.5 Å². The fourth-order valence-electron chi connectivity index (χ4n) is 3.50. The summed E-state index contributed by atoms with van der Waals surface area (Å²) in [6.45, 7) is 10.3. The summed E-state index contributed by atoms with van der Waals surface area (Å²) in [7, 11) is 0. The van der Waals surface area contributed by atoms with Crippen molar-refractivity contribution in [3.63, 3.8) is 0 Å². The van der Waals surface area contributed by atoms with E-state index in [0.29, 0.717) is 12.1 Å². The van der Waals surface area contributed by atoms with E-state index in [-0.39, 0.29) is 6.04 Å². The third-order valence-corrected chi connectivity index (χ3v) is 4.93. The molecule has 112 valence electrons. The standard InChI is InChI=1S/C18H30N2/c1-5-15-8-10-16(11-9-15)18(19)14(4)20-12-6-7-17(20)13(2)3/h8-11,13-14,17-18H,5-7,12,19H2,1-4H3. The maximum absolute atomic E-state index is 6.53. The van der Waals surface area contributed by atoms with Crippen LogP contribution < -0.4 is 5.73 Å². The zero-order valence-corrected chi connectivity index (χ0v) is 13.5. The van der Waals surface area contributed by atoms with Crippen LogP contribution in [0, 0.1) is 5.92 Å². The van der Waals surface area contributed by atoms with Crippen molar-refractivity contribution in [1.29, 1.82) is 0 Å². The Morgan fingerprint density at radius 3 is 2.40 bits per heavy atom. The molecule has 1 saturated heterocycles. The fourth-order valence-corrected chi connectivity index (χ4v) is 3.50. The molecule has 1 fully saturated rings. The van der Waals surface area contributed by atoms with E-state index in [0.717, 1.165) is 12.3 Å². The van der Waals surface area contributed by atoms with Gasteiger partial charge >= 0.3 is 0 Å². The molecule has 2 nitrogen and oxygen atoms in total. The molecule has 0 bridgehead atoms. The molecule has 3 unspecified atom stereocenters. The monoisotopic (exact) mass is 274 g/mol. The second-order valence-corrected chi connectivity index (χ2v) is 6.55. The molecule has 2 heteroatoms. The van der Waals surface area contributed by atoms with Gasteiger partial charge in [0.15, 0.2) is 0 Å². The molecular weight excluding hydrogens is 244 g/mol. The Kier molecular flexibility index (Phi) is 5.22. The van der Waals surface area contributed by atoms with Crippen molar-refractivity contribution >= 4 is 0 Å². The molecule has 0 aliphatic carbocycles. The Balaban J connectivity index is 2.08. The van der Waals surface area contributed by atoms with Gasteiger partial charge in [0.1, 0.15) is 0 Å². The van der Waals surface area contributed by atoms with Gasteiger partial charge in [-0.15, -0.1) is 0 Å². The molecule has 2 N–H and O–H groups in total. The molecule has 0 aromatic heterocycles. The van der Waals surface area contributed by atoms with Crippen LogP contribution in [0.4, 0.5) is 0 Å². The minimum absolute atomic E-state index is 0.111. The third-order valence-electron chi connectivity index (χ3n) is 4.93. The topological polar surface area (TPSA) is 29.3 Å². The van der Waals surface area contributed by atoms with Crippen LogP contribution in [0.1, 0.15) is 57.7 Å². The van der Waals surface area contributed by atoms with Gasteiger partial charge in [0, 0.05) is 18.1 Å². The molecule has 1 aliphatic rings. The molecule has 1 aliphatic heterocycles. The Labute approximate surface area is 124 Å². The van der Waals surface area contributed by atoms with Crippen LogP contribution in [0.5, 0.6) is 0 Å². The first kappa shape index (κ1) is 15.5. The number of aryl methyl sites for hydroxylation is 1. The lowest BCUT2D eigenvalue weighted by atomic mass is 9.95. The quantitative estimate of drug-likeness (QED) is 0.886. The number of hydrogen-bond acceptors (Lipinski definition) is 2. The van der Waals surface area contributed by atoms with Crippen molar-refractivity contribution in [3.05, 3.63) is 35.4 Å². The molecule has 0 saturated carbocycles. The summed E-state index contributed by atoms with van der Waals surface area (Å²) in [5.74, 6) is 0.717. The van der Waals surface area contributed by atoms with Crippen molar-refractivity contribution in [2.75, 3.05) is 6.54 Å². The maximum atomic E-state index is 6.53. The molecule has 1 aromatic rings. The Morgan fingerprint density at radius 2 is 1.85 bits per heavy atom. The molecule has 0 amide bonds. The Morgan fingerprint density at radius 1 is 1.20 bits per heavy atom. The molecular formula is C18H30N2. The van der Waals surface area contributed by atoms with Crippen LogP contribution in [-0.2, 0) is 6.42 Å². The van der Waals surface area contributed by atoms with Crippen molar-refractivity contribution in [2.24, 2.45) is 11.7 Å². The summed E-state index contributed by atoms with van der Waals surface area (Å²) in [6, 6.07) is 10.1. The van der Waals surface area contributed by atoms with E-state index in [1.807, 2.05) is 0 Å². The van der Waals surface area contributed by atoms with Crippen LogP contribution in [0.2, 0.25) is 0 Å². The van der Waals surface area contributed by atoms with E-state index in [2.05, 4.69) is 56.9 Å². The SMILES string of the molecule is CCc1ccc(C(N)C(C)N2CCCC2C(C)C)cc1. The predicted octanol–water partition coefficient (Wildman–Crippen LogP) is 3.76. The lowest BCUT2D eigenvalue weighted by molar-refractivity contribution is 0.137. The average molecular weight is 274 g/mol. The van der Waals surface area contributed by atoms with E-state index in [9.17, 15) is 0 Å². The molecule has 1 heterocycles. The van der Waals surface area contributed by atoms with Gasteiger partial charge in [0.25, 0.3) is 0 Å². The van der Waals surface area contributed by atoms with Gasteiger partial charge in [-0.1, -0.05) is 45.0 Å². The summed E-state index contributed by atoms with van der Waals surface area (Å²) < 4.78 is 0. The smallest absolute Gasteiger partial charge is 0.0450 e. The van der Waals surface area contributed by atoms with Gasteiger partial charge in [-0.25, -0.2) is 0 Å². The summed E-state index contributed by atoms with van der Waals surface area (Å²) in [5.41, 5.74) is 9.18. The van der Waals surface area contributed by atoms with Gasteiger partial charge in [0.05, 0.1) is 0 Å². The minimum Gasteiger partial charge on any atom is -0.323 e. The highest BCUT2D eigenvalue weighted by Gasteiger charge is 2.33. The van der Waals surface area contributed by atoms with Crippen LogP contribution in [0.3, 0.4) is 0 Å². The molecule has 0 radical (unpaired) electrons. The third kappa shape index (κ3) is 3.24. The lowest BCUT2D eigenvalue weighted by Gasteiger charge is -2.36. The van der Waals surface area contributed by atoms with Crippen molar-refractivity contribution in [1.82, 2.24) is 4.90 Å². The number of rotatable bonds is 5. The van der Waals surface area contributed by atoms with E-state index in [1.54, 1.807) is 0 Å². The van der Waals surface area contributed by atoms with Gasteiger partial charge in [0.2, 0.25) is 0 Å². The minimum atomic E-state index is 0.111. The van der Waals surface area contributed by atoms with Crippen molar-refractivity contribution in [2.45, 2.75) is 65.1 Å². The number of benzene rings is 1. The summed E-state index contributed by atoms with van der Waals surface area (Å²) in [4.78, 5) is 2.63. The van der Waals surface area contributed by atoms with Gasteiger partial charge in [-0.05, 0) is 49.8 Å². The second kappa shape index (κ2) is 6.73. The molecule has 1 aromatic carbocycles. The van der Waals surface area contributed by atoms with Gasteiger partial charge in [-0.3, -0.25) is 4.90 Å². The van der Waals surface area contributed by atoms with Gasteiger partial charge < -0.3 is 5.73 Å². The Hall–Kier alpha value is -0.860. The fraction of sp³-hybridized carbons (Fsp3) is 0.667. The van der Waals surface area contributed by atoms with Crippen LogP contribution >= 0.6 is 0 Å². The molecule has 2 rings (SSSR count). The largest absolute Gasteiger partial charge is 0.323 e. The number of nitrogens with two attached hydrogens (primary N) is 1. The highest BCUT2D eigenvalue weighted by Crippen LogP contribution is 2.30. The number of hydrogen-bond donors (Lipinski definition) is 1. The Bertz CT molecular complexity index is 410. The summed E-state index contributed by atoms with van der Waals surface area (Å²) in [5, 5.41) is 0. The number of nitrogens with zero attached hydrogens (tertiary/aromatic N) is 1. The first-order valence-electron chi connectivity index (χ1n) is 8.14. The zero-order valence-electron chi connectivity index (χ0n) is 13.5. The summed E-state index contributed by atoms with van der Waals surface area (Å²) in [6.07, 6.45) is 3.73. The van der Waals surface area contributed by atoms with E-state index >= 15 is 0 Å². The van der Waals surface area contributed by atoms with E-state index in [4.69, 9.17) is 5.73 Å². The van der Waals surface area contributed by atoms with E-state index < -0.39 is 0 Å². The first-order chi connectivity index (χ1) is 9.54. The van der Waals surface area contributed by atoms with Crippen molar-refractivity contribution in [3.8, 4) is 0 Å². The second-order valence-electron chi connectivity index (χ2n) is 6.55. The highest BCUT2D eigenvalue weighted by atomic mass is 15.2. The van der Waals surface area contributed by atoms with Crippen LogP contribution in [-0.4, -0.2) is 23.5 Å². The van der Waals surface area contributed by atoms with Crippen LogP contribution in [0.15, 0.2) is 24.3 Å². The first-order valence-corrected chi connectivity index (χ1v) is 8.14. The predicted molar refractivity (Wildman–Crippen MR) is 86.8 cm³/mol. The molecule has 0 spiro atoms. The number of likely N-dealkylation sites (tertiary alicyclic amines) is 1. The lowest BCUT2D eigenvalue weighted by Crippen LogP contribution is -2.45. The molecule has 20 heavy (non-hydrogen) atoms. The van der Waals surface area contributed by atoms with Crippen LogP contribution in [0.25, 0.3) is 0 Å². The highest BCUT2D eigenvalue weighted by molar-refractivity contribution is 5.25. The van der Waals surface area contributed by atoms with Gasteiger partial charge in [-0.2, -0.15) is 0 Å². The normalized spacial score (nSPS) is 23.2. The zero-order chi connectivity index (χ0) is 14.7. The average Bonchev–Trinajstić information content (AvgIpc) is 2.95. The molecule has 3 atom stereocenters. The van der Waals surface area contributed by atoms with Crippen molar-refractivity contribution < 1.29 is 0 Å². The summed E-state index contributed by atoms with van der Waals surface area (Å²) >= 11 is 0.